The molecule has 12 nitrogen and oxygen atoms in total. The van der Waals surface area contributed by atoms with Gasteiger partial charge < -0.3 is 39.9 Å². The van der Waals surface area contributed by atoms with Crippen LogP contribution in [0.3, 0.4) is 0 Å². The van der Waals surface area contributed by atoms with Crippen LogP contribution in [-0.2, 0) is 27.9 Å². The number of hydrogen-bond donors (Lipinski definition) is 6. The van der Waals surface area contributed by atoms with Gasteiger partial charge >= 0.3 is 13.8 Å². The van der Waals surface area contributed by atoms with Gasteiger partial charge in [0.2, 0.25) is 0 Å². The van der Waals surface area contributed by atoms with Crippen LogP contribution < -0.4 is 0 Å². The number of carbonyl (C=O) groups excluding carboxylic acids is 1. The summed E-state index contributed by atoms with van der Waals surface area (Å²) >= 11 is 0. The zero-order valence-corrected chi connectivity index (χ0v) is 42.9. The van der Waals surface area contributed by atoms with Crippen molar-refractivity contribution >= 4 is 13.8 Å². The minimum absolute atomic E-state index is 0.0763. The highest BCUT2D eigenvalue weighted by molar-refractivity contribution is 7.47. The number of rotatable bonds is 47. The van der Waals surface area contributed by atoms with E-state index in [4.69, 9.17) is 18.5 Å². The molecule has 6 unspecified atom stereocenters. The van der Waals surface area contributed by atoms with E-state index in [1.807, 2.05) is 0 Å². The molecule has 0 saturated heterocycles. The molecule has 1 rings (SSSR count). The Bertz CT molecular complexity index is 1190. The zero-order chi connectivity index (χ0) is 48.4. The van der Waals surface area contributed by atoms with Gasteiger partial charge in [0.05, 0.1) is 13.2 Å². The number of phosphoric ester groups is 1. The number of aliphatic hydroxyl groups is 5. The molecule has 0 aliphatic heterocycles. The zero-order valence-electron chi connectivity index (χ0n) is 42.0. The van der Waals surface area contributed by atoms with Crippen molar-refractivity contribution in [1.29, 1.82) is 0 Å². The molecule has 1 saturated carbocycles. The highest BCUT2D eigenvalue weighted by Crippen LogP contribution is 2.47. The molecule has 0 aromatic heterocycles. The van der Waals surface area contributed by atoms with Crippen LogP contribution in [0.25, 0.3) is 0 Å². The lowest BCUT2D eigenvalue weighted by Gasteiger charge is -2.41. The van der Waals surface area contributed by atoms with Crippen molar-refractivity contribution < 1.29 is 58.3 Å². The molecule has 1 fully saturated rings. The Labute approximate surface area is 402 Å². The smallest absolute Gasteiger partial charge is 0.457 e. The first kappa shape index (κ1) is 62.8. The maximum atomic E-state index is 12.9. The maximum Gasteiger partial charge on any atom is 0.472 e. The summed E-state index contributed by atoms with van der Waals surface area (Å²) in [5.74, 6) is -0.474. The molecule has 1 aliphatic rings. The van der Waals surface area contributed by atoms with E-state index in [2.05, 4.69) is 38.2 Å². The number of allylic oxidation sites excluding steroid dienone is 4. The summed E-state index contributed by atoms with van der Waals surface area (Å²) in [4.78, 5) is 23.3. The lowest BCUT2D eigenvalue weighted by Crippen LogP contribution is -2.64. The Morgan fingerprint density at radius 3 is 1.30 bits per heavy atom. The number of hydrogen-bond acceptors (Lipinski definition) is 11. The first-order chi connectivity index (χ1) is 32.0. The van der Waals surface area contributed by atoms with Gasteiger partial charge in [-0.05, 0) is 44.9 Å². The van der Waals surface area contributed by atoms with E-state index in [9.17, 15) is 39.8 Å². The van der Waals surface area contributed by atoms with E-state index in [1.165, 1.54) is 161 Å². The predicted molar refractivity (Wildman–Crippen MR) is 267 cm³/mol. The Balaban J connectivity index is 2.30. The fourth-order valence-corrected chi connectivity index (χ4v) is 9.48. The number of esters is 1. The fourth-order valence-electron chi connectivity index (χ4n) is 8.51. The monoisotopic (exact) mass is 961 g/mol. The summed E-state index contributed by atoms with van der Waals surface area (Å²) in [7, 11) is -5.02. The number of unbranched alkanes of at least 4 members (excludes halogenated alkanes) is 31. The van der Waals surface area contributed by atoms with Gasteiger partial charge in [-0.25, -0.2) is 4.57 Å². The van der Waals surface area contributed by atoms with Gasteiger partial charge in [-0.2, -0.15) is 0 Å². The SMILES string of the molecule is CCCCC/C=C\C/C=C\CCCCCCCCCCOCC(COP(=O)(O)OC1C(O)C(O)C(O)C(O)C1O)OC(=O)CCCCCCCCCCCCCCCCCCCCCCC. The third-order valence-electron chi connectivity index (χ3n) is 12.8. The summed E-state index contributed by atoms with van der Waals surface area (Å²) < 4.78 is 34.3. The minimum Gasteiger partial charge on any atom is -0.457 e. The summed E-state index contributed by atoms with van der Waals surface area (Å²) in [5.41, 5.74) is 0. The van der Waals surface area contributed by atoms with E-state index in [0.29, 0.717) is 13.0 Å². The predicted octanol–water partition coefficient (Wildman–Crippen LogP) is 12.4. The first-order valence-electron chi connectivity index (χ1n) is 27.2. The molecule has 0 amide bonds. The highest BCUT2D eigenvalue weighted by Gasteiger charge is 2.51. The largest absolute Gasteiger partial charge is 0.472 e. The standard InChI is InChI=1S/C53H101O12P/c1-3-5-7-9-11-13-15-17-19-21-23-24-25-26-28-30-32-34-36-38-40-42-47(54)64-46(45-63-66(60,61)65-53-51(58)49(56)48(55)50(57)52(53)59)44-62-43-41-39-37-35-33-31-29-27-22-20-18-16-14-12-10-8-6-4-2/h12,14,18,20,46,48-53,55-59H,3-11,13,15-17,19,21-45H2,1-2H3,(H,60,61)/b14-12-,20-18-. The summed E-state index contributed by atoms with van der Waals surface area (Å²) in [6, 6.07) is 0. The molecule has 6 N–H and O–H groups in total. The van der Waals surface area contributed by atoms with Gasteiger partial charge in [0, 0.05) is 13.0 Å². The average Bonchev–Trinajstić information content (AvgIpc) is 3.30. The van der Waals surface area contributed by atoms with E-state index in [-0.39, 0.29) is 13.0 Å². The van der Waals surface area contributed by atoms with Gasteiger partial charge in [0.15, 0.2) is 0 Å². The van der Waals surface area contributed by atoms with Crippen LogP contribution in [0.5, 0.6) is 0 Å². The van der Waals surface area contributed by atoms with E-state index >= 15 is 0 Å². The molecule has 13 heteroatoms. The number of aliphatic hydroxyl groups excluding tert-OH is 5. The second kappa shape index (κ2) is 43.8. The Hall–Kier alpha value is -1.18. The van der Waals surface area contributed by atoms with Gasteiger partial charge in [-0.3, -0.25) is 13.8 Å². The van der Waals surface area contributed by atoms with Crippen molar-refractivity contribution in [3.63, 3.8) is 0 Å². The van der Waals surface area contributed by atoms with Crippen LogP contribution in [0.2, 0.25) is 0 Å². The van der Waals surface area contributed by atoms with E-state index in [1.54, 1.807) is 0 Å². The first-order valence-corrected chi connectivity index (χ1v) is 28.7. The molecule has 1 aliphatic carbocycles. The molecule has 0 radical (unpaired) electrons. The number of phosphoric acid groups is 1. The number of carbonyl (C=O) groups is 1. The van der Waals surface area contributed by atoms with Crippen LogP contribution in [0, 0.1) is 0 Å². The highest BCUT2D eigenvalue weighted by atomic mass is 31.2. The maximum absolute atomic E-state index is 12.9. The van der Waals surface area contributed by atoms with Crippen molar-refractivity contribution in [1.82, 2.24) is 0 Å². The van der Waals surface area contributed by atoms with Crippen molar-refractivity contribution in [3.8, 4) is 0 Å². The van der Waals surface area contributed by atoms with Crippen molar-refractivity contribution in [2.75, 3.05) is 19.8 Å². The average molecular weight is 961 g/mol. The Morgan fingerprint density at radius 1 is 0.485 bits per heavy atom. The third-order valence-corrected chi connectivity index (χ3v) is 13.8. The molecular weight excluding hydrogens is 860 g/mol. The number of ether oxygens (including phenoxy) is 2. The molecule has 66 heavy (non-hydrogen) atoms. The van der Waals surface area contributed by atoms with Crippen molar-refractivity contribution in [3.05, 3.63) is 24.3 Å². The van der Waals surface area contributed by atoms with Gasteiger partial charge in [-0.15, -0.1) is 0 Å². The summed E-state index contributed by atoms with van der Waals surface area (Å²) in [6.45, 7) is 4.27. The van der Waals surface area contributed by atoms with Crippen LogP contribution in [0.1, 0.15) is 245 Å². The van der Waals surface area contributed by atoms with Crippen molar-refractivity contribution in [2.24, 2.45) is 0 Å². The minimum atomic E-state index is -5.02. The normalized spacial score (nSPS) is 21.5. The van der Waals surface area contributed by atoms with Crippen LogP contribution in [0.15, 0.2) is 24.3 Å². The van der Waals surface area contributed by atoms with Gasteiger partial charge in [0.25, 0.3) is 0 Å². The lowest BCUT2D eigenvalue weighted by atomic mass is 9.85. The summed E-state index contributed by atoms with van der Waals surface area (Å²) in [5, 5.41) is 50.3. The molecule has 0 aromatic carbocycles. The van der Waals surface area contributed by atoms with Gasteiger partial charge in [0.1, 0.15) is 42.7 Å². The fraction of sp³-hybridized carbons (Fsp3) is 0.906. The molecule has 0 spiro atoms. The second-order valence-corrected chi connectivity index (χ2v) is 20.5. The lowest BCUT2D eigenvalue weighted by molar-refractivity contribution is -0.220. The van der Waals surface area contributed by atoms with E-state index < -0.39 is 63.1 Å². The molecule has 0 heterocycles. The van der Waals surface area contributed by atoms with E-state index in [0.717, 1.165) is 57.8 Å². The molecule has 6 atom stereocenters. The van der Waals surface area contributed by atoms with Gasteiger partial charge in [-0.1, -0.05) is 218 Å². The second-order valence-electron chi connectivity index (χ2n) is 19.1. The third kappa shape index (κ3) is 35.0. The molecule has 390 valence electrons. The van der Waals surface area contributed by atoms with Crippen LogP contribution >= 0.6 is 7.82 Å². The van der Waals surface area contributed by atoms with Crippen LogP contribution in [-0.4, -0.2) is 98.9 Å². The molecule has 0 bridgehead atoms. The van der Waals surface area contributed by atoms with Crippen LogP contribution in [0.4, 0.5) is 0 Å². The summed E-state index contributed by atoms with van der Waals surface area (Å²) in [6.07, 6.45) is 39.6. The Kier molecular flexibility index (Phi) is 41.7. The molecule has 0 aromatic rings. The quantitative estimate of drug-likeness (QED) is 0.0147. The Morgan fingerprint density at radius 2 is 0.848 bits per heavy atom. The van der Waals surface area contributed by atoms with Crippen molar-refractivity contribution in [2.45, 2.75) is 288 Å². The molecular formula is C53H101O12P. The topological polar surface area (TPSA) is 192 Å².